The normalized spacial score (nSPS) is 10.8. The summed E-state index contributed by atoms with van der Waals surface area (Å²) in [7, 11) is 1.42. The Labute approximate surface area is 163 Å². The molecule has 0 saturated heterocycles. The van der Waals surface area contributed by atoms with Crippen molar-refractivity contribution in [2.24, 2.45) is 0 Å². The van der Waals surface area contributed by atoms with Gasteiger partial charge < -0.3 is 19.7 Å². The van der Waals surface area contributed by atoms with Crippen LogP contribution in [0.15, 0.2) is 40.9 Å². The Hall–Kier alpha value is -3.31. The van der Waals surface area contributed by atoms with Crippen LogP contribution in [0.3, 0.4) is 0 Å². The molecule has 138 valence electrons. The summed E-state index contributed by atoms with van der Waals surface area (Å²) >= 11 is 3.36. The molecular weight excluding hydrogens is 418 g/mol. The first-order valence-corrected chi connectivity index (χ1v) is 8.32. The third kappa shape index (κ3) is 5.09. The van der Waals surface area contributed by atoms with Crippen LogP contribution in [0.2, 0.25) is 0 Å². The molecular formula is C19H14BrNO6. The van der Waals surface area contributed by atoms with Gasteiger partial charge in [0, 0.05) is 4.47 Å². The van der Waals surface area contributed by atoms with Gasteiger partial charge in [0.2, 0.25) is 0 Å². The van der Waals surface area contributed by atoms with Gasteiger partial charge in [-0.2, -0.15) is 5.26 Å². The highest BCUT2D eigenvalue weighted by molar-refractivity contribution is 9.10. The summed E-state index contributed by atoms with van der Waals surface area (Å²) in [5.74, 6) is -1.61. The third-order valence-electron chi connectivity index (χ3n) is 3.50. The van der Waals surface area contributed by atoms with E-state index in [2.05, 4.69) is 22.0 Å². The molecule has 0 radical (unpaired) electrons. The Morgan fingerprint density at radius 3 is 2.30 bits per heavy atom. The maximum absolute atomic E-state index is 10.9. The number of aromatic carboxylic acids is 1. The molecule has 2 aromatic rings. The maximum atomic E-state index is 10.9. The van der Waals surface area contributed by atoms with E-state index in [0.717, 1.165) is 0 Å². The van der Waals surface area contributed by atoms with Crippen LogP contribution in [0.5, 0.6) is 11.5 Å². The zero-order valence-electron chi connectivity index (χ0n) is 14.1. The lowest BCUT2D eigenvalue weighted by Crippen LogP contribution is -2.10. The van der Waals surface area contributed by atoms with Crippen molar-refractivity contribution in [3.63, 3.8) is 0 Å². The van der Waals surface area contributed by atoms with Gasteiger partial charge in [-0.15, -0.1) is 0 Å². The van der Waals surface area contributed by atoms with Crippen molar-refractivity contribution in [3.05, 3.63) is 57.6 Å². The molecule has 0 atom stereocenters. The highest BCUT2D eigenvalue weighted by Gasteiger charge is 2.12. The lowest BCUT2D eigenvalue weighted by Gasteiger charge is -2.12. The Bertz CT molecular complexity index is 944. The number of nitrogens with zero attached hydrogens (tertiary/aromatic N) is 1. The summed E-state index contributed by atoms with van der Waals surface area (Å²) in [5.41, 5.74) is 1.60. The van der Waals surface area contributed by atoms with E-state index < -0.39 is 18.5 Å². The molecule has 0 aliphatic heterocycles. The van der Waals surface area contributed by atoms with Crippen LogP contribution in [0.4, 0.5) is 0 Å². The van der Waals surface area contributed by atoms with Gasteiger partial charge in [0.25, 0.3) is 0 Å². The van der Waals surface area contributed by atoms with Gasteiger partial charge in [0.05, 0.1) is 24.3 Å². The Balaban J connectivity index is 2.41. The number of hydrogen-bond donors (Lipinski definition) is 2. The molecule has 7 nitrogen and oxygen atoms in total. The van der Waals surface area contributed by atoms with E-state index in [1.807, 2.05) is 0 Å². The predicted octanol–water partition coefficient (Wildman–Crippen LogP) is 3.68. The highest BCUT2D eigenvalue weighted by atomic mass is 79.9. The first-order chi connectivity index (χ1) is 12.8. The topological polar surface area (TPSA) is 117 Å². The SMILES string of the molecule is COc1cc(C=C(C#N)c2ccc(C(=O)O)cc2)c(Br)cc1OCC(=O)O. The first kappa shape index (κ1) is 20.0. The lowest BCUT2D eigenvalue weighted by molar-refractivity contribution is -0.139. The van der Waals surface area contributed by atoms with Crippen molar-refractivity contribution in [2.75, 3.05) is 13.7 Å². The molecule has 0 aliphatic rings. The molecule has 0 saturated carbocycles. The predicted molar refractivity (Wildman–Crippen MR) is 101 cm³/mol. The van der Waals surface area contributed by atoms with E-state index in [9.17, 15) is 14.9 Å². The smallest absolute Gasteiger partial charge is 0.341 e. The van der Waals surface area contributed by atoms with Crippen molar-refractivity contribution in [3.8, 4) is 17.6 Å². The zero-order chi connectivity index (χ0) is 20.0. The van der Waals surface area contributed by atoms with Crippen LogP contribution in [0, 0.1) is 11.3 Å². The highest BCUT2D eigenvalue weighted by Crippen LogP contribution is 2.35. The quantitative estimate of drug-likeness (QED) is 0.506. The number of carboxylic acid groups (broad SMARTS) is 2. The number of nitriles is 1. The van der Waals surface area contributed by atoms with E-state index in [1.54, 1.807) is 30.3 Å². The van der Waals surface area contributed by atoms with Crippen LogP contribution in [-0.2, 0) is 4.79 Å². The number of aliphatic carboxylic acids is 1. The minimum absolute atomic E-state index is 0.124. The van der Waals surface area contributed by atoms with Crippen molar-refractivity contribution in [1.82, 2.24) is 0 Å². The van der Waals surface area contributed by atoms with E-state index in [-0.39, 0.29) is 11.3 Å². The molecule has 2 rings (SSSR count). The molecule has 2 aromatic carbocycles. The summed E-state index contributed by atoms with van der Waals surface area (Å²) in [5, 5.41) is 27.2. The lowest BCUT2D eigenvalue weighted by atomic mass is 10.0. The van der Waals surface area contributed by atoms with Gasteiger partial charge in [-0.3, -0.25) is 0 Å². The molecule has 0 heterocycles. The summed E-state index contributed by atoms with van der Waals surface area (Å²) in [6.45, 7) is -0.517. The summed E-state index contributed by atoms with van der Waals surface area (Å²) in [6.07, 6.45) is 1.60. The average molecular weight is 432 g/mol. The first-order valence-electron chi connectivity index (χ1n) is 7.53. The van der Waals surface area contributed by atoms with Crippen LogP contribution in [0.1, 0.15) is 21.5 Å². The number of benzene rings is 2. The summed E-state index contributed by atoms with van der Waals surface area (Å²) < 4.78 is 11.0. The number of allylic oxidation sites excluding steroid dienone is 1. The number of carboxylic acids is 2. The van der Waals surface area contributed by atoms with Crippen LogP contribution in [0.25, 0.3) is 11.6 Å². The fourth-order valence-corrected chi connectivity index (χ4v) is 2.64. The van der Waals surface area contributed by atoms with E-state index in [1.165, 1.54) is 19.2 Å². The number of hydrogen-bond acceptors (Lipinski definition) is 5. The Morgan fingerprint density at radius 2 is 1.78 bits per heavy atom. The maximum Gasteiger partial charge on any atom is 0.341 e. The molecule has 0 amide bonds. The van der Waals surface area contributed by atoms with E-state index in [4.69, 9.17) is 19.7 Å². The zero-order valence-corrected chi connectivity index (χ0v) is 15.7. The third-order valence-corrected chi connectivity index (χ3v) is 4.18. The molecule has 2 N–H and O–H groups in total. The van der Waals surface area contributed by atoms with E-state index >= 15 is 0 Å². The van der Waals surface area contributed by atoms with Gasteiger partial charge in [-0.05, 0) is 41.5 Å². The summed E-state index contributed by atoms with van der Waals surface area (Å²) in [4.78, 5) is 21.6. The fourth-order valence-electron chi connectivity index (χ4n) is 2.20. The van der Waals surface area contributed by atoms with E-state index in [0.29, 0.717) is 26.9 Å². The molecule has 27 heavy (non-hydrogen) atoms. The number of rotatable bonds is 7. The average Bonchev–Trinajstić information content (AvgIpc) is 2.65. The van der Waals surface area contributed by atoms with Crippen molar-refractivity contribution in [2.45, 2.75) is 0 Å². The fraction of sp³-hybridized carbons (Fsp3) is 0.105. The van der Waals surface area contributed by atoms with Gasteiger partial charge >= 0.3 is 11.9 Å². The molecule has 8 heteroatoms. The second-order valence-corrected chi connectivity index (χ2v) is 6.11. The van der Waals surface area contributed by atoms with Crippen LogP contribution >= 0.6 is 15.9 Å². The summed E-state index contributed by atoms with van der Waals surface area (Å²) in [6, 6.07) is 11.2. The minimum Gasteiger partial charge on any atom is -0.493 e. The molecule has 0 aliphatic carbocycles. The van der Waals surface area contributed by atoms with Gasteiger partial charge in [0.15, 0.2) is 18.1 Å². The second-order valence-electron chi connectivity index (χ2n) is 5.26. The van der Waals surface area contributed by atoms with Crippen LogP contribution in [-0.4, -0.2) is 35.9 Å². The molecule has 0 aromatic heterocycles. The monoisotopic (exact) mass is 431 g/mol. The minimum atomic E-state index is -1.12. The Morgan fingerprint density at radius 1 is 1.15 bits per heavy atom. The second kappa shape index (κ2) is 8.87. The molecule has 0 unspecified atom stereocenters. The van der Waals surface area contributed by atoms with Crippen molar-refractivity contribution in [1.29, 1.82) is 5.26 Å². The van der Waals surface area contributed by atoms with Crippen molar-refractivity contribution < 1.29 is 29.3 Å². The van der Waals surface area contributed by atoms with Gasteiger partial charge in [-0.1, -0.05) is 28.1 Å². The standard InChI is InChI=1S/C19H14BrNO6/c1-26-16-7-13(15(20)8-17(16)27-10-18(22)23)6-14(9-21)11-2-4-12(5-3-11)19(24)25/h2-8H,10H2,1H3,(H,22,23)(H,24,25). The molecule has 0 spiro atoms. The van der Waals surface area contributed by atoms with Gasteiger partial charge in [0.1, 0.15) is 0 Å². The van der Waals surface area contributed by atoms with Crippen molar-refractivity contribution >= 4 is 39.5 Å². The van der Waals surface area contributed by atoms with Crippen LogP contribution < -0.4 is 9.47 Å². The van der Waals surface area contributed by atoms with Gasteiger partial charge in [-0.25, -0.2) is 9.59 Å². The molecule has 0 bridgehead atoms. The number of halogens is 1. The number of carbonyl (C=O) groups is 2. The number of methoxy groups -OCH3 is 1. The molecule has 0 fully saturated rings. The largest absolute Gasteiger partial charge is 0.493 e. The Kier molecular flexibility index (Phi) is 6.57. The number of ether oxygens (including phenoxy) is 2.